The van der Waals surface area contributed by atoms with Crippen LogP contribution in [0.25, 0.3) is 9.88 Å². The molecule has 0 spiro atoms. The van der Waals surface area contributed by atoms with Crippen molar-refractivity contribution in [3.05, 3.63) is 27.0 Å². The molecular formula is C11H13BrN2S2. The molecule has 0 bridgehead atoms. The van der Waals surface area contributed by atoms with Gasteiger partial charge in [-0.15, -0.1) is 22.7 Å². The molecule has 0 radical (unpaired) electrons. The van der Waals surface area contributed by atoms with Gasteiger partial charge in [-0.25, -0.2) is 4.98 Å². The molecule has 0 saturated heterocycles. The summed E-state index contributed by atoms with van der Waals surface area (Å²) in [5.41, 5.74) is 6.72. The third-order valence-electron chi connectivity index (χ3n) is 2.41. The van der Waals surface area contributed by atoms with E-state index < -0.39 is 0 Å². The van der Waals surface area contributed by atoms with Crippen molar-refractivity contribution in [1.82, 2.24) is 4.98 Å². The first kappa shape index (κ1) is 12.2. The zero-order valence-electron chi connectivity index (χ0n) is 8.94. The minimum absolute atomic E-state index is 0.457. The van der Waals surface area contributed by atoms with Gasteiger partial charge in [-0.2, -0.15) is 0 Å². The summed E-state index contributed by atoms with van der Waals surface area (Å²) in [5, 5.41) is 3.25. The van der Waals surface area contributed by atoms with Gasteiger partial charge in [-0.1, -0.05) is 6.92 Å². The summed E-state index contributed by atoms with van der Waals surface area (Å²) >= 11 is 6.90. The van der Waals surface area contributed by atoms with Gasteiger partial charge in [0, 0.05) is 11.3 Å². The van der Waals surface area contributed by atoms with Gasteiger partial charge in [0.1, 0.15) is 5.01 Å². The van der Waals surface area contributed by atoms with Crippen molar-refractivity contribution in [2.24, 2.45) is 5.73 Å². The predicted molar refractivity (Wildman–Crippen MR) is 75.2 cm³/mol. The summed E-state index contributed by atoms with van der Waals surface area (Å²) in [6.45, 7) is 2.90. The fraction of sp³-hybridized carbons (Fsp3) is 0.364. The molecule has 2 aromatic heterocycles. The lowest BCUT2D eigenvalue weighted by atomic mass is 10.1. The molecule has 2 rings (SSSR count). The highest BCUT2D eigenvalue weighted by Gasteiger charge is 2.11. The molecular weight excluding hydrogens is 304 g/mol. The van der Waals surface area contributed by atoms with Crippen LogP contribution in [-0.4, -0.2) is 11.5 Å². The third kappa shape index (κ3) is 2.71. The highest BCUT2D eigenvalue weighted by atomic mass is 79.9. The molecule has 2 N–H and O–H groups in total. The maximum absolute atomic E-state index is 5.56. The number of thiophene rings is 1. The smallest absolute Gasteiger partial charge is 0.133 e. The Hall–Kier alpha value is -0.230. The normalized spacial score (nSPS) is 12.9. The number of rotatable bonds is 4. The summed E-state index contributed by atoms with van der Waals surface area (Å²) in [6.07, 6.45) is 0.997. The standard InChI is InChI=1S/C11H13BrN2S2/c1-7(4-5-13)8-6-15-11(14-8)9-2-3-10(12)16-9/h2-3,6-7H,4-5,13H2,1H3. The number of nitrogens with two attached hydrogens (primary N) is 1. The zero-order chi connectivity index (χ0) is 11.5. The SMILES string of the molecule is CC(CCN)c1csc(-c2ccc(Br)s2)n1. The van der Waals surface area contributed by atoms with Crippen LogP contribution >= 0.6 is 38.6 Å². The van der Waals surface area contributed by atoms with Crippen LogP contribution in [0.2, 0.25) is 0 Å². The molecule has 5 heteroatoms. The zero-order valence-corrected chi connectivity index (χ0v) is 12.2. The van der Waals surface area contributed by atoms with Crippen LogP contribution in [0.1, 0.15) is 25.0 Å². The van der Waals surface area contributed by atoms with E-state index in [0.29, 0.717) is 5.92 Å². The van der Waals surface area contributed by atoms with Crippen molar-refractivity contribution in [3.8, 4) is 9.88 Å². The molecule has 0 saturated carbocycles. The van der Waals surface area contributed by atoms with Gasteiger partial charge < -0.3 is 5.73 Å². The van der Waals surface area contributed by atoms with E-state index >= 15 is 0 Å². The van der Waals surface area contributed by atoms with E-state index in [0.717, 1.165) is 27.5 Å². The number of hydrogen-bond donors (Lipinski definition) is 1. The monoisotopic (exact) mass is 316 g/mol. The average Bonchev–Trinajstić information content (AvgIpc) is 2.85. The minimum Gasteiger partial charge on any atom is -0.330 e. The first-order valence-electron chi connectivity index (χ1n) is 5.12. The molecule has 0 aliphatic rings. The predicted octanol–water partition coefficient (Wildman–Crippen LogP) is 4.09. The number of hydrogen-bond acceptors (Lipinski definition) is 4. The Balaban J connectivity index is 2.19. The van der Waals surface area contributed by atoms with Gasteiger partial charge in [-0.05, 0) is 41.0 Å². The lowest BCUT2D eigenvalue weighted by Crippen LogP contribution is -2.04. The van der Waals surface area contributed by atoms with Crippen LogP contribution in [-0.2, 0) is 0 Å². The molecule has 16 heavy (non-hydrogen) atoms. The Bertz CT molecular complexity index is 464. The molecule has 1 unspecified atom stereocenters. The van der Waals surface area contributed by atoms with Gasteiger partial charge in [0.15, 0.2) is 0 Å². The van der Waals surface area contributed by atoms with E-state index in [1.807, 2.05) is 0 Å². The fourth-order valence-corrected chi connectivity index (χ4v) is 3.85. The molecule has 0 aliphatic carbocycles. The first-order valence-corrected chi connectivity index (χ1v) is 7.61. The van der Waals surface area contributed by atoms with Crippen LogP contribution in [0.3, 0.4) is 0 Å². The van der Waals surface area contributed by atoms with Crippen molar-refractivity contribution >= 4 is 38.6 Å². The van der Waals surface area contributed by atoms with E-state index in [-0.39, 0.29) is 0 Å². The highest BCUT2D eigenvalue weighted by Crippen LogP contribution is 2.34. The van der Waals surface area contributed by atoms with Gasteiger partial charge in [0.2, 0.25) is 0 Å². The fourth-order valence-electron chi connectivity index (χ4n) is 1.45. The Kier molecular flexibility index (Phi) is 4.13. The molecule has 86 valence electrons. The Labute approximate surface area is 112 Å². The maximum Gasteiger partial charge on any atom is 0.133 e. The van der Waals surface area contributed by atoms with E-state index in [1.165, 1.54) is 4.88 Å². The Morgan fingerprint density at radius 1 is 1.50 bits per heavy atom. The topological polar surface area (TPSA) is 38.9 Å². The van der Waals surface area contributed by atoms with Gasteiger partial charge in [0.05, 0.1) is 14.4 Å². The van der Waals surface area contributed by atoms with E-state index in [4.69, 9.17) is 5.73 Å². The van der Waals surface area contributed by atoms with Crippen molar-refractivity contribution in [1.29, 1.82) is 0 Å². The van der Waals surface area contributed by atoms with Crippen molar-refractivity contribution in [3.63, 3.8) is 0 Å². The summed E-state index contributed by atoms with van der Waals surface area (Å²) in [7, 11) is 0. The molecule has 0 amide bonds. The van der Waals surface area contributed by atoms with Crippen molar-refractivity contribution < 1.29 is 0 Å². The second kappa shape index (κ2) is 5.40. The van der Waals surface area contributed by atoms with Crippen molar-refractivity contribution in [2.75, 3.05) is 6.54 Å². The van der Waals surface area contributed by atoms with E-state index in [9.17, 15) is 0 Å². The maximum atomic E-state index is 5.56. The molecule has 1 atom stereocenters. The lowest BCUT2D eigenvalue weighted by Gasteiger charge is -2.04. The largest absolute Gasteiger partial charge is 0.330 e. The third-order valence-corrected chi connectivity index (χ3v) is 5.06. The summed E-state index contributed by atoms with van der Waals surface area (Å²) in [6, 6.07) is 4.16. The van der Waals surface area contributed by atoms with Crippen LogP contribution in [0, 0.1) is 0 Å². The van der Waals surface area contributed by atoms with Crippen molar-refractivity contribution in [2.45, 2.75) is 19.3 Å². The van der Waals surface area contributed by atoms with Crippen LogP contribution < -0.4 is 5.73 Å². The molecule has 2 nitrogen and oxygen atoms in total. The first-order chi connectivity index (χ1) is 7.70. The molecule has 0 aromatic carbocycles. The number of halogens is 1. The van der Waals surface area contributed by atoms with E-state index in [2.05, 4.69) is 45.4 Å². The average molecular weight is 317 g/mol. The van der Waals surface area contributed by atoms with Gasteiger partial charge >= 0.3 is 0 Å². The second-order valence-corrected chi connectivity index (χ2v) is 6.98. The molecule has 0 aliphatic heterocycles. The lowest BCUT2D eigenvalue weighted by molar-refractivity contribution is 0.675. The molecule has 2 heterocycles. The quantitative estimate of drug-likeness (QED) is 0.922. The molecule has 2 aromatic rings. The molecule has 0 fully saturated rings. The second-order valence-electron chi connectivity index (χ2n) is 3.66. The highest BCUT2D eigenvalue weighted by molar-refractivity contribution is 9.11. The number of thiazole rings is 1. The van der Waals surface area contributed by atoms with Gasteiger partial charge in [0.25, 0.3) is 0 Å². The van der Waals surface area contributed by atoms with Crippen LogP contribution in [0.15, 0.2) is 21.3 Å². The number of nitrogens with zero attached hydrogens (tertiary/aromatic N) is 1. The van der Waals surface area contributed by atoms with E-state index in [1.54, 1.807) is 22.7 Å². The van der Waals surface area contributed by atoms with Crippen LogP contribution in [0.4, 0.5) is 0 Å². The summed E-state index contributed by atoms with van der Waals surface area (Å²) in [4.78, 5) is 5.89. The summed E-state index contributed by atoms with van der Waals surface area (Å²) < 4.78 is 1.15. The van der Waals surface area contributed by atoms with Crippen LogP contribution in [0.5, 0.6) is 0 Å². The van der Waals surface area contributed by atoms with Gasteiger partial charge in [-0.3, -0.25) is 0 Å². The minimum atomic E-state index is 0.457. The summed E-state index contributed by atoms with van der Waals surface area (Å²) in [5.74, 6) is 0.457. The Morgan fingerprint density at radius 3 is 2.94 bits per heavy atom. The number of aromatic nitrogens is 1. The Morgan fingerprint density at radius 2 is 2.31 bits per heavy atom.